The lowest BCUT2D eigenvalue weighted by Gasteiger charge is -2.61. The standard InChI is InChI=1S/C25H33F4NO5/c1-23-6-5-14(32)10-17(23)18(26)11-15-16-4-3-8-30(9-7-25(27,28)29)35-22(20(34)13-31)24(16,2)12-19(33)21(15)23/h5-6,10,15-16,18-19,21-22,31,33H,3-4,7-9,11-13H2,1-2H3. The van der Waals surface area contributed by atoms with Gasteiger partial charge in [0.15, 0.2) is 11.6 Å². The number of allylic oxidation sites excluding steroid dienone is 4. The molecule has 1 aliphatic heterocycles. The van der Waals surface area contributed by atoms with E-state index in [1.807, 2.05) is 6.92 Å². The molecule has 0 radical (unpaired) electrons. The van der Waals surface area contributed by atoms with Gasteiger partial charge in [0.25, 0.3) is 0 Å². The number of rotatable bonds is 4. The molecule has 0 aromatic rings. The summed E-state index contributed by atoms with van der Waals surface area (Å²) in [5.74, 6) is -1.99. The molecule has 0 aromatic carbocycles. The normalized spacial score (nSPS) is 42.3. The Bertz CT molecular complexity index is 920. The van der Waals surface area contributed by atoms with Crippen molar-refractivity contribution >= 4 is 11.6 Å². The molecule has 1 heterocycles. The molecule has 2 N–H and O–H groups in total. The van der Waals surface area contributed by atoms with E-state index >= 15 is 4.39 Å². The first-order chi connectivity index (χ1) is 16.3. The van der Waals surface area contributed by atoms with Gasteiger partial charge in [-0.05, 0) is 55.2 Å². The highest BCUT2D eigenvalue weighted by molar-refractivity contribution is 6.01. The van der Waals surface area contributed by atoms with E-state index in [1.54, 1.807) is 13.0 Å². The Labute approximate surface area is 201 Å². The third-order valence-electron chi connectivity index (χ3n) is 8.78. The first kappa shape index (κ1) is 26.4. The largest absolute Gasteiger partial charge is 0.393 e. The van der Waals surface area contributed by atoms with Crippen LogP contribution < -0.4 is 0 Å². The minimum atomic E-state index is -4.39. The molecule has 3 aliphatic carbocycles. The van der Waals surface area contributed by atoms with Gasteiger partial charge in [0, 0.05) is 29.8 Å². The SMILES string of the molecule is CC12C=CC(=O)C=C1C(F)CC1C2C(O)CC2(C)C(C(=O)CO)ON(CCC(F)(F)F)CCCC12. The van der Waals surface area contributed by atoms with Gasteiger partial charge < -0.3 is 10.2 Å². The molecule has 0 aromatic heterocycles. The maximum Gasteiger partial charge on any atom is 0.390 e. The van der Waals surface area contributed by atoms with Crippen LogP contribution in [-0.2, 0) is 14.4 Å². The molecular weight excluding hydrogens is 470 g/mol. The van der Waals surface area contributed by atoms with E-state index in [0.717, 1.165) is 5.06 Å². The Morgan fingerprint density at radius 2 is 2.03 bits per heavy atom. The quantitative estimate of drug-likeness (QED) is 0.573. The average Bonchev–Trinajstić information content (AvgIpc) is 2.75. The van der Waals surface area contributed by atoms with Crippen molar-refractivity contribution in [2.24, 2.45) is 28.6 Å². The second kappa shape index (κ2) is 9.36. The molecular formula is C25H33F4NO5. The fraction of sp³-hybridized carbons (Fsp3) is 0.760. The molecule has 35 heavy (non-hydrogen) atoms. The zero-order chi connectivity index (χ0) is 25.8. The predicted octanol–water partition coefficient (Wildman–Crippen LogP) is 3.33. The Balaban J connectivity index is 1.69. The zero-order valence-electron chi connectivity index (χ0n) is 19.9. The van der Waals surface area contributed by atoms with Crippen LogP contribution in [-0.4, -0.2) is 71.1 Å². The van der Waals surface area contributed by atoms with Crippen molar-refractivity contribution in [3.05, 3.63) is 23.8 Å². The van der Waals surface area contributed by atoms with Crippen LogP contribution in [0.5, 0.6) is 0 Å². The zero-order valence-corrected chi connectivity index (χ0v) is 19.9. The van der Waals surface area contributed by atoms with Crippen molar-refractivity contribution in [1.29, 1.82) is 0 Å². The third kappa shape index (κ3) is 4.74. The molecule has 4 aliphatic rings. The number of fused-ring (bicyclic) bond motifs is 5. The van der Waals surface area contributed by atoms with E-state index in [4.69, 9.17) is 4.84 Å². The van der Waals surface area contributed by atoms with Gasteiger partial charge >= 0.3 is 6.18 Å². The predicted molar refractivity (Wildman–Crippen MR) is 117 cm³/mol. The molecule has 4 rings (SSSR count). The molecule has 2 saturated carbocycles. The van der Waals surface area contributed by atoms with Gasteiger partial charge in [-0.15, -0.1) is 0 Å². The minimum Gasteiger partial charge on any atom is -0.393 e. The van der Waals surface area contributed by atoms with Crippen molar-refractivity contribution < 1.29 is 42.2 Å². The number of alkyl halides is 4. The van der Waals surface area contributed by atoms with Crippen molar-refractivity contribution in [2.75, 3.05) is 19.7 Å². The first-order valence-electron chi connectivity index (χ1n) is 12.2. The number of halogens is 4. The summed E-state index contributed by atoms with van der Waals surface area (Å²) >= 11 is 0. The van der Waals surface area contributed by atoms with Crippen molar-refractivity contribution in [3.8, 4) is 0 Å². The van der Waals surface area contributed by atoms with Crippen molar-refractivity contribution in [3.63, 3.8) is 0 Å². The molecule has 3 fully saturated rings. The second-order valence-corrected chi connectivity index (χ2v) is 10.9. The molecule has 1 saturated heterocycles. The van der Waals surface area contributed by atoms with Crippen LogP contribution in [0.2, 0.25) is 0 Å². The Kier molecular flexibility index (Phi) is 7.07. The van der Waals surface area contributed by atoms with Crippen LogP contribution in [0.15, 0.2) is 23.8 Å². The van der Waals surface area contributed by atoms with Crippen LogP contribution in [0, 0.1) is 28.6 Å². The number of hydrogen-bond acceptors (Lipinski definition) is 6. The van der Waals surface area contributed by atoms with Gasteiger partial charge in [0.05, 0.1) is 12.5 Å². The van der Waals surface area contributed by atoms with Crippen LogP contribution in [0.4, 0.5) is 17.6 Å². The summed E-state index contributed by atoms with van der Waals surface area (Å²) in [6.45, 7) is 2.43. The van der Waals surface area contributed by atoms with Gasteiger partial charge in [-0.2, -0.15) is 18.2 Å². The molecule has 8 atom stereocenters. The lowest BCUT2D eigenvalue weighted by Crippen LogP contribution is -2.63. The average molecular weight is 504 g/mol. The first-order valence-corrected chi connectivity index (χ1v) is 12.2. The summed E-state index contributed by atoms with van der Waals surface area (Å²) in [5.41, 5.74) is -1.53. The van der Waals surface area contributed by atoms with Gasteiger partial charge in [-0.1, -0.05) is 19.9 Å². The summed E-state index contributed by atoms with van der Waals surface area (Å²) in [4.78, 5) is 30.7. The van der Waals surface area contributed by atoms with E-state index in [1.165, 1.54) is 12.2 Å². The molecule has 10 heteroatoms. The van der Waals surface area contributed by atoms with Crippen LogP contribution in [0.3, 0.4) is 0 Å². The molecule has 0 amide bonds. The number of aliphatic hydroxyl groups is 2. The minimum absolute atomic E-state index is 0.0718. The highest BCUT2D eigenvalue weighted by atomic mass is 19.4. The Morgan fingerprint density at radius 3 is 2.69 bits per heavy atom. The van der Waals surface area contributed by atoms with E-state index < -0.39 is 66.7 Å². The number of Topliss-reactive ketones (excluding diaryl/α,β-unsaturated/α-hetero) is 1. The fourth-order valence-electron chi connectivity index (χ4n) is 7.30. The highest BCUT2D eigenvalue weighted by Gasteiger charge is 2.63. The summed E-state index contributed by atoms with van der Waals surface area (Å²) in [6, 6.07) is 0. The Hall–Kier alpha value is -1.62. The van der Waals surface area contributed by atoms with Gasteiger partial charge in [-0.3, -0.25) is 14.4 Å². The number of ketones is 2. The van der Waals surface area contributed by atoms with Gasteiger partial charge in [0.1, 0.15) is 18.9 Å². The topological polar surface area (TPSA) is 87.1 Å². The number of carbonyl (C=O) groups is 2. The van der Waals surface area contributed by atoms with Gasteiger partial charge in [0.2, 0.25) is 0 Å². The number of hydrogen-bond donors (Lipinski definition) is 2. The van der Waals surface area contributed by atoms with E-state index in [9.17, 15) is 33.0 Å². The van der Waals surface area contributed by atoms with Crippen molar-refractivity contribution in [1.82, 2.24) is 5.06 Å². The van der Waals surface area contributed by atoms with E-state index in [0.29, 0.717) is 18.4 Å². The van der Waals surface area contributed by atoms with Crippen LogP contribution in [0.1, 0.15) is 46.0 Å². The number of carbonyl (C=O) groups excluding carboxylic acids is 2. The van der Waals surface area contributed by atoms with Crippen LogP contribution in [0.25, 0.3) is 0 Å². The smallest absolute Gasteiger partial charge is 0.390 e. The third-order valence-corrected chi connectivity index (χ3v) is 8.78. The molecule has 8 unspecified atom stereocenters. The molecule has 0 bridgehead atoms. The summed E-state index contributed by atoms with van der Waals surface area (Å²) in [6.07, 6.45) is -3.59. The monoisotopic (exact) mass is 503 g/mol. The molecule has 6 nitrogen and oxygen atoms in total. The second-order valence-electron chi connectivity index (χ2n) is 10.9. The highest BCUT2D eigenvalue weighted by Crippen LogP contribution is 2.63. The Morgan fingerprint density at radius 1 is 1.31 bits per heavy atom. The fourth-order valence-corrected chi connectivity index (χ4v) is 7.30. The maximum atomic E-state index is 15.5. The number of hydroxylamine groups is 2. The van der Waals surface area contributed by atoms with Crippen LogP contribution >= 0.6 is 0 Å². The molecule has 0 spiro atoms. The van der Waals surface area contributed by atoms with Gasteiger partial charge in [-0.25, -0.2) is 4.39 Å². The summed E-state index contributed by atoms with van der Waals surface area (Å²) in [5, 5.41) is 22.2. The number of aliphatic hydroxyl groups excluding tert-OH is 2. The lowest BCUT2D eigenvalue weighted by atomic mass is 9.45. The van der Waals surface area contributed by atoms with Crippen molar-refractivity contribution in [2.45, 2.75) is 70.5 Å². The lowest BCUT2D eigenvalue weighted by molar-refractivity contribution is -0.269. The van der Waals surface area contributed by atoms with E-state index in [-0.39, 0.29) is 37.0 Å². The summed E-state index contributed by atoms with van der Waals surface area (Å²) in [7, 11) is 0. The maximum absolute atomic E-state index is 15.5. The van der Waals surface area contributed by atoms with E-state index in [2.05, 4.69) is 0 Å². The summed E-state index contributed by atoms with van der Waals surface area (Å²) < 4.78 is 54.0. The molecule has 196 valence electrons. The number of nitrogens with zero attached hydrogens (tertiary/aromatic N) is 1.